The first kappa shape index (κ1) is 17.7. The zero-order valence-corrected chi connectivity index (χ0v) is 12.8. The summed E-state index contributed by atoms with van der Waals surface area (Å²) in [5, 5.41) is 12.0. The molecule has 0 aliphatic rings. The van der Waals surface area contributed by atoms with Gasteiger partial charge in [-0.25, -0.2) is 4.98 Å². The molecule has 0 unspecified atom stereocenters. The number of nitrogens with one attached hydrogen (secondary N) is 1. The fraction of sp³-hybridized carbons (Fsp3) is 0.312. The SMILES string of the molecule is CNCC[C@@H](Oc1nc(C(F)(F)F)ccc1C#N)c1ccccn1. The quantitative estimate of drug-likeness (QED) is 0.878. The Kier molecular flexibility index (Phi) is 5.71. The molecule has 2 aromatic heterocycles. The van der Waals surface area contributed by atoms with Crippen LogP contribution in [-0.2, 0) is 6.18 Å². The standard InChI is InChI=1S/C16H15F3N4O/c1-21-9-7-13(12-4-2-3-8-22-12)24-15-11(10-20)5-6-14(23-15)16(17,18)19/h2-6,8,13,21H,7,9H2,1H3/t13-/m1/s1. The van der Waals surface area contributed by atoms with Gasteiger partial charge in [0.15, 0.2) is 0 Å². The zero-order valence-electron chi connectivity index (χ0n) is 12.8. The van der Waals surface area contributed by atoms with E-state index in [4.69, 9.17) is 10.00 Å². The summed E-state index contributed by atoms with van der Waals surface area (Å²) >= 11 is 0. The van der Waals surface area contributed by atoms with Crippen LogP contribution in [0.4, 0.5) is 13.2 Å². The Morgan fingerprint density at radius 1 is 1.29 bits per heavy atom. The van der Waals surface area contributed by atoms with E-state index in [0.29, 0.717) is 18.7 Å². The lowest BCUT2D eigenvalue weighted by atomic mass is 10.1. The Balaban J connectivity index is 2.36. The van der Waals surface area contributed by atoms with Gasteiger partial charge in [-0.05, 0) is 37.9 Å². The second-order valence-corrected chi connectivity index (χ2v) is 4.91. The van der Waals surface area contributed by atoms with Crippen molar-refractivity contribution >= 4 is 0 Å². The summed E-state index contributed by atoms with van der Waals surface area (Å²) in [6.07, 6.45) is -3.22. The third kappa shape index (κ3) is 4.43. The molecule has 2 aromatic rings. The molecular formula is C16H15F3N4O. The topological polar surface area (TPSA) is 70.8 Å². The summed E-state index contributed by atoms with van der Waals surface area (Å²) in [6.45, 7) is 0.558. The number of ether oxygens (including phenoxy) is 1. The van der Waals surface area contributed by atoms with Crippen LogP contribution in [0.15, 0.2) is 36.5 Å². The van der Waals surface area contributed by atoms with Crippen LogP contribution in [-0.4, -0.2) is 23.6 Å². The number of halogens is 3. The van der Waals surface area contributed by atoms with Crippen LogP contribution < -0.4 is 10.1 Å². The first-order valence-corrected chi connectivity index (χ1v) is 7.16. The Labute approximate surface area is 137 Å². The van der Waals surface area contributed by atoms with E-state index in [-0.39, 0.29) is 11.4 Å². The van der Waals surface area contributed by atoms with E-state index in [9.17, 15) is 13.2 Å². The van der Waals surface area contributed by atoms with E-state index < -0.39 is 18.0 Å². The Hall–Kier alpha value is -2.66. The molecule has 126 valence electrons. The van der Waals surface area contributed by atoms with E-state index in [2.05, 4.69) is 15.3 Å². The fourth-order valence-electron chi connectivity index (χ4n) is 2.02. The van der Waals surface area contributed by atoms with Gasteiger partial charge in [0.25, 0.3) is 0 Å². The lowest BCUT2D eigenvalue weighted by Crippen LogP contribution is -2.18. The highest BCUT2D eigenvalue weighted by molar-refractivity contribution is 5.39. The van der Waals surface area contributed by atoms with E-state index >= 15 is 0 Å². The van der Waals surface area contributed by atoms with Gasteiger partial charge >= 0.3 is 6.18 Å². The molecule has 2 rings (SSSR count). The van der Waals surface area contributed by atoms with Crippen molar-refractivity contribution in [1.82, 2.24) is 15.3 Å². The average Bonchev–Trinajstić information content (AvgIpc) is 2.58. The molecule has 24 heavy (non-hydrogen) atoms. The monoisotopic (exact) mass is 336 g/mol. The lowest BCUT2D eigenvalue weighted by molar-refractivity contribution is -0.141. The van der Waals surface area contributed by atoms with Crippen molar-refractivity contribution < 1.29 is 17.9 Å². The first-order valence-electron chi connectivity index (χ1n) is 7.16. The maximum absolute atomic E-state index is 12.8. The zero-order chi connectivity index (χ0) is 17.6. The van der Waals surface area contributed by atoms with Gasteiger partial charge in [-0.2, -0.15) is 18.4 Å². The molecule has 0 spiro atoms. The molecule has 8 heteroatoms. The summed E-state index contributed by atoms with van der Waals surface area (Å²) in [5.74, 6) is -0.348. The molecule has 0 amide bonds. The molecule has 0 bridgehead atoms. The number of nitriles is 1. The molecule has 0 aliphatic heterocycles. The van der Waals surface area contributed by atoms with Gasteiger partial charge in [-0.3, -0.25) is 4.98 Å². The van der Waals surface area contributed by atoms with Gasteiger partial charge in [0.2, 0.25) is 5.88 Å². The van der Waals surface area contributed by atoms with Crippen LogP contribution in [0.3, 0.4) is 0 Å². The molecule has 0 radical (unpaired) electrons. The van der Waals surface area contributed by atoms with E-state index in [1.165, 1.54) is 0 Å². The molecule has 1 N–H and O–H groups in total. The third-order valence-electron chi connectivity index (χ3n) is 3.20. The van der Waals surface area contributed by atoms with Crippen molar-refractivity contribution in [3.8, 4) is 11.9 Å². The van der Waals surface area contributed by atoms with Crippen molar-refractivity contribution in [2.75, 3.05) is 13.6 Å². The van der Waals surface area contributed by atoms with Gasteiger partial charge in [0.05, 0.1) is 5.69 Å². The van der Waals surface area contributed by atoms with Gasteiger partial charge in [0, 0.05) is 12.6 Å². The lowest BCUT2D eigenvalue weighted by Gasteiger charge is -2.19. The number of hydrogen-bond donors (Lipinski definition) is 1. The van der Waals surface area contributed by atoms with Crippen LogP contribution in [0, 0.1) is 11.3 Å². The number of hydrogen-bond acceptors (Lipinski definition) is 5. The minimum atomic E-state index is -4.61. The third-order valence-corrected chi connectivity index (χ3v) is 3.20. The van der Waals surface area contributed by atoms with Crippen molar-refractivity contribution in [2.45, 2.75) is 18.7 Å². The van der Waals surface area contributed by atoms with Gasteiger partial charge in [-0.15, -0.1) is 0 Å². The molecule has 1 atom stereocenters. The minimum absolute atomic E-state index is 0.0617. The van der Waals surface area contributed by atoms with E-state index in [1.54, 1.807) is 37.5 Å². The van der Waals surface area contributed by atoms with Crippen molar-refractivity contribution in [3.63, 3.8) is 0 Å². The summed E-state index contributed by atoms with van der Waals surface area (Å²) in [7, 11) is 1.75. The van der Waals surface area contributed by atoms with Crippen LogP contribution in [0.2, 0.25) is 0 Å². The number of pyridine rings is 2. The molecule has 0 saturated heterocycles. The normalized spacial score (nSPS) is 12.5. The molecule has 0 saturated carbocycles. The molecular weight excluding hydrogens is 321 g/mol. The van der Waals surface area contributed by atoms with E-state index in [0.717, 1.165) is 12.1 Å². The summed E-state index contributed by atoms with van der Waals surface area (Å²) in [6, 6.07) is 8.79. The number of aromatic nitrogens is 2. The fourth-order valence-corrected chi connectivity index (χ4v) is 2.02. The van der Waals surface area contributed by atoms with Crippen LogP contribution in [0.1, 0.15) is 29.5 Å². The van der Waals surface area contributed by atoms with Crippen molar-refractivity contribution in [3.05, 3.63) is 53.5 Å². The molecule has 0 fully saturated rings. The number of alkyl halides is 3. The van der Waals surface area contributed by atoms with Crippen LogP contribution in [0.25, 0.3) is 0 Å². The van der Waals surface area contributed by atoms with Crippen molar-refractivity contribution in [1.29, 1.82) is 5.26 Å². The molecule has 0 aromatic carbocycles. The second-order valence-electron chi connectivity index (χ2n) is 4.91. The minimum Gasteiger partial charge on any atom is -0.467 e. The molecule has 5 nitrogen and oxygen atoms in total. The molecule has 0 aliphatic carbocycles. The largest absolute Gasteiger partial charge is 0.467 e. The maximum Gasteiger partial charge on any atom is 0.433 e. The smallest absolute Gasteiger partial charge is 0.433 e. The first-order chi connectivity index (χ1) is 11.5. The number of nitrogens with zero attached hydrogens (tertiary/aromatic N) is 3. The Morgan fingerprint density at radius 2 is 2.08 bits per heavy atom. The van der Waals surface area contributed by atoms with Gasteiger partial charge < -0.3 is 10.1 Å². The average molecular weight is 336 g/mol. The predicted molar refractivity (Wildman–Crippen MR) is 80.1 cm³/mol. The second kappa shape index (κ2) is 7.75. The highest BCUT2D eigenvalue weighted by Crippen LogP contribution is 2.31. The highest BCUT2D eigenvalue weighted by atomic mass is 19.4. The van der Waals surface area contributed by atoms with E-state index in [1.807, 2.05) is 0 Å². The molecule has 2 heterocycles. The van der Waals surface area contributed by atoms with Crippen LogP contribution in [0.5, 0.6) is 5.88 Å². The Bertz CT molecular complexity index is 713. The maximum atomic E-state index is 12.8. The van der Waals surface area contributed by atoms with Gasteiger partial charge in [0.1, 0.15) is 23.4 Å². The Morgan fingerprint density at radius 3 is 2.67 bits per heavy atom. The van der Waals surface area contributed by atoms with Gasteiger partial charge in [-0.1, -0.05) is 6.07 Å². The highest BCUT2D eigenvalue weighted by Gasteiger charge is 2.33. The van der Waals surface area contributed by atoms with Crippen molar-refractivity contribution in [2.24, 2.45) is 0 Å². The van der Waals surface area contributed by atoms with Crippen LogP contribution >= 0.6 is 0 Å². The summed E-state index contributed by atoms with van der Waals surface area (Å²) in [5.41, 5.74) is -0.617. The number of rotatable bonds is 6. The predicted octanol–water partition coefficient (Wildman–Crippen LogP) is 3.10. The summed E-state index contributed by atoms with van der Waals surface area (Å²) in [4.78, 5) is 7.64. The summed E-state index contributed by atoms with van der Waals surface area (Å²) < 4.78 is 44.2.